The first kappa shape index (κ1) is 16.3. The van der Waals surface area contributed by atoms with Crippen LogP contribution in [0.25, 0.3) is 0 Å². The first-order valence-electron chi connectivity index (χ1n) is 5.13. The summed E-state index contributed by atoms with van der Waals surface area (Å²) in [7, 11) is -0.579. The van der Waals surface area contributed by atoms with Crippen molar-refractivity contribution in [3.63, 3.8) is 0 Å². The summed E-state index contributed by atoms with van der Waals surface area (Å²) in [6.45, 7) is 18.3. The molecular formula is C11H27NSi2. The molecule has 0 unspecified atom stereocenters. The van der Waals surface area contributed by atoms with Crippen LogP contribution in [0.15, 0.2) is 18.4 Å². The molecule has 0 aliphatic heterocycles. The van der Waals surface area contributed by atoms with E-state index in [-0.39, 0.29) is 0 Å². The highest BCUT2D eigenvalue weighted by Gasteiger charge is 2.35. The van der Waals surface area contributed by atoms with Crippen molar-refractivity contribution in [1.82, 2.24) is 0 Å². The van der Waals surface area contributed by atoms with Crippen molar-refractivity contribution >= 4 is 16.1 Å². The molecule has 0 rings (SSSR count). The number of hydrogen-bond acceptors (Lipinski definition) is 1. The third kappa shape index (κ3) is 6.38. The molecule has 0 heterocycles. The molecule has 0 bridgehead atoms. The monoisotopic (exact) mass is 229 g/mol. The van der Waals surface area contributed by atoms with Crippen LogP contribution in [-0.4, -0.2) is 23.2 Å². The van der Waals surface area contributed by atoms with E-state index in [1.54, 1.807) is 0 Å². The predicted molar refractivity (Wildman–Crippen MR) is 74.3 cm³/mol. The van der Waals surface area contributed by atoms with E-state index in [1.807, 2.05) is 0 Å². The van der Waals surface area contributed by atoms with Gasteiger partial charge in [-0.2, -0.15) is 0 Å². The standard InChI is InChI=1S/C10H22Si2.CH5N/c1-8-9-10(11(2,3)4)12(5,6)7;1-2/h9-10H,1H2,2-7H3;2H2,1H3. The second kappa shape index (κ2) is 6.41. The zero-order valence-electron chi connectivity index (χ0n) is 10.9. The van der Waals surface area contributed by atoms with Gasteiger partial charge >= 0.3 is 0 Å². The Labute approximate surface area is 92.1 Å². The number of allylic oxidation sites excluding steroid dienone is 1. The van der Waals surface area contributed by atoms with Crippen LogP contribution in [0, 0.1) is 0 Å². The fraction of sp³-hybridized carbons (Fsp3) is 0.727. The Bertz CT molecular complexity index is 178. The average molecular weight is 230 g/mol. The Hall–Kier alpha value is -0.0862. The third-order valence-corrected chi connectivity index (χ3v) is 11.4. The lowest BCUT2D eigenvalue weighted by atomic mass is 10.7. The molecule has 0 aliphatic rings. The lowest BCUT2D eigenvalue weighted by molar-refractivity contribution is 1.31. The topological polar surface area (TPSA) is 26.0 Å². The maximum absolute atomic E-state index is 4.50. The van der Waals surface area contributed by atoms with Crippen LogP contribution in [-0.2, 0) is 0 Å². The zero-order valence-corrected chi connectivity index (χ0v) is 12.9. The van der Waals surface area contributed by atoms with Gasteiger partial charge in [0, 0.05) is 16.1 Å². The van der Waals surface area contributed by atoms with Crippen LogP contribution in [0.4, 0.5) is 0 Å². The van der Waals surface area contributed by atoms with Gasteiger partial charge in [-0.05, 0) is 18.3 Å². The molecule has 84 valence electrons. The first-order chi connectivity index (χ1) is 6.19. The molecule has 0 atom stereocenters. The van der Waals surface area contributed by atoms with Crippen LogP contribution in [0.2, 0.25) is 44.4 Å². The number of rotatable bonds is 3. The van der Waals surface area contributed by atoms with Gasteiger partial charge in [0.25, 0.3) is 0 Å². The normalized spacial score (nSPS) is 11.5. The smallest absolute Gasteiger partial charge is 0.0493 e. The van der Waals surface area contributed by atoms with Gasteiger partial charge in [-0.3, -0.25) is 0 Å². The fourth-order valence-corrected chi connectivity index (χ4v) is 13.5. The van der Waals surface area contributed by atoms with E-state index < -0.39 is 16.1 Å². The van der Waals surface area contributed by atoms with Gasteiger partial charge in [0.2, 0.25) is 0 Å². The van der Waals surface area contributed by atoms with Gasteiger partial charge < -0.3 is 5.73 Å². The van der Waals surface area contributed by atoms with Crippen LogP contribution in [0.1, 0.15) is 0 Å². The molecule has 14 heavy (non-hydrogen) atoms. The number of nitrogens with two attached hydrogens (primary N) is 1. The van der Waals surface area contributed by atoms with Crippen molar-refractivity contribution in [3.05, 3.63) is 18.4 Å². The molecular weight excluding hydrogens is 202 g/mol. The Kier molecular flexibility index (Phi) is 7.48. The van der Waals surface area contributed by atoms with Crippen LogP contribution in [0.5, 0.6) is 0 Å². The van der Waals surface area contributed by atoms with Crippen molar-refractivity contribution in [1.29, 1.82) is 0 Å². The minimum Gasteiger partial charge on any atom is -0.333 e. The van der Waals surface area contributed by atoms with Gasteiger partial charge in [-0.25, -0.2) is 0 Å². The zero-order chi connectivity index (χ0) is 12.0. The van der Waals surface area contributed by atoms with Crippen molar-refractivity contribution in [2.45, 2.75) is 44.4 Å². The van der Waals surface area contributed by atoms with E-state index in [4.69, 9.17) is 0 Å². The van der Waals surface area contributed by atoms with E-state index in [1.165, 1.54) is 7.05 Å². The van der Waals surface area contributed by atoms with Crippen molar-refractivity contribution in [2.75, 3.05) is 7.05 Å². The third-order valence-electron chi connectivity index (χ3n) is 2.15. The van der Waals surface area contributed by atoms with E-state index in [9.17, 15) is 0 Å². The summed E-state index contributed by atoms with van der Waals surface area (Å²) in [6.07, 6.45) is 2.22. The highest BCUT2D eigenvalue weighted by molar-refractivity contribution is 6.96. The highest BCUT2D eigenvalue weighted by atomic mass is 28.4. The van der Waals surface area contributed by atoms with Crippen molar-refractivity contribution in [3.8, 4) is 0 Å². The van der Waals surface area contributed by atoms with E-state index in [2.05, 4.69) is 63.4 Å². The minimum atomic E-state index is -1.04. The average Bonchev–Trinajstić information content (AvgIpc) is 2.00. The summed E-state index contributed by atoms with van der Waals surface area (Å²) in [6, 6.07) is 0. The first-order valence-corrected chi connectivity index (χ1v) is 12.3. The lowest BCUT2D eigenvalue weighted by Gasteiger charge is -2.35. The molecule has 0 aromatic carbocycles. The minimum absolute atomic E-state index is 0.808. The predicted octanol–water partition coefficient (Wildman–Crippen LogP) is 3.49. The molecule has 0 aromatic rings. The largest absolute Gasteiger partial charge is 0.333 e. The van der Waals surface area contributed by atoms with E-state index in [0.29, 0.717) is 0 Å². The molecule has 0 aromatic heterocycles. The molecule has 0 aliphatic carbocycles. The SMILES string of the molecule is C=C=CC([Si](C)(C)C)[Si](C)(C)C.CN. The Balaban J connectivity index is 0. The molecule has 0 spiro atoms. The molecule has 0 saturated heterocycles. The summed E-state index contributed by atoms with van der Waals surface area (Å²) in [5.41, 5.74) is 7.48. The summed E-state index contributed by atoms with van der Waals surface area (Å²) in [4.78, 5) is 0. The van der Waals surface area contributed by atoms with Crippen molar-refractivity contribution in [2.24, 2.45) is 5.73 Å². The van der Waals surface area contributed by atoms with Crippen LogP contribution in [0.3, 0.4) is 0 Å². The van der Waals surface area contributed by atoms with Gasteiger partial charge in [0.05, 0.1) is 0 Å². The molecule has 3 heteroatoms. The Morgan fingerprint density at radius 1 is 1.00 bits per heavy atom. The maximum atomic E-state index is 4.50. The molecule has 2 N–H and O–H groups in total. The second-order valence-corrected chi connectivity index (χ2v) is 16.9. The molecule has 0 saturated carbocycles. The fourth-order valence-electron chi connectivity index (χ4n) is 1.92. The maximum Gasteiger partial charge on any atom is 0.0493 e. The van der Waals surface area contributed by atoms with Crippen LogP contribution >= 0.6 is 0 Å². The lowest BCUT2D eigenvalue weighted by Crippen LogP contribution is -2.42. The summed E-state index contributed by atoms with van der Waals surface area (Å²) >= 11 is 0. The Morgan fingerprint density at radius 3 is 1.36 bits per heavy atom. The summed E-state index contributed by atoms with van der Waals surface area (Å²) in [5, 5.41) is 0.808. The molecule has 0 radical (unpaired) electrons. The van der Waals surface area contributed by atoms with E-state index >= 15 is 0 Å². The molecule has 1 nitrogen and oxygen atoms in total. The van der Waals surface area contributed by atoms with Gasteiger partial charge in [-0.15, -0.1) is 5.73 Å². The van der Waals surface area contributed by atoms with E-state index in [0.717, 1.165) is 5.16 Å². The quantitative estimate of drug-likeness (QED) is 0.582. The van der Waals surface area contributed by atoms with Gasteiger partial charge in [-0.1, -0.05) is 45.9 Å². The highest BCUT2D eigenvalue weighted by Crippen LogP contribution is 2.32. The molecule has 0 fully saturated rings. The second-order valence-electron chi connectivity index (χ2n) is 5.58. The summed E-state index contributed by atoms with van der Waals surface area (Å²) < 4.78 is 0. The van der Waals surface area contributed by atoms with Gasteiger partial charge in [0.1, 0.15) is 0 Å². The summed E-state index contributed by atoms with van der Waals surface area (Å²) in [5.74, 6) is 0. The molecule has 0 amide bonds. The van der Waals surface area contributed by atoms with Crippen molar-refractivity contribution < 1.29 is 0 Å². The van der Waals surface area contributed by atoms with Crippen LogP contribution < -0.4 is 5.73 Å². The Morgan fingerprint density at radius 2 is 1.29 bits per heavy atom. The number of hydrogen-bond donors (Lipinski definition) is 1. The van der Waals surface area contributed by atoms with Gasteiger partial charge in [0.15, 0.2) is 0 Å².